The van der Waals surface area contributed by atoms with Gasteiger partial charge in [-0.15, -0.1) is 0 Å². The second kappa shape index (κ2) is 4.72. The van der Waals surface area contributed by atoms with Crippen molar-refractivity contribution in [2.75, 3.05) is 25.9 Å². The third-order valence-electron chi connectivity index (χ3n) is 2.02. The van der Waals surface area contributed by atoms with Crippen LogP contribution in [0.25, 0.3) is 0 Å². The summed E-state index contributed by atoms with van der Waals surface area (Å²) in [5.74, 6) is 0.0715. The predicted molar refractivity (Wildman–Crippen MR) is 50.6 cm³/mol. The molecule has 0 spiro atoms. The standard InChI is InChI=1S/C8H15NO2S/c1-9-4-2-7(6-9)12-5-3-8(10)11/h7H,2-6H2,1H3,(H,10,11). The molecule has 4 heteroatoms. The third-order valence-corrected chi connectivity index (χ3v) is 3.31. The molecule has 1 N–H and O–H groups in total. The minimum Gasteiger partial charge on any atom is -0.481 e. The van der Waals surface area contributed by atoms with Crippen molar-refractivity contribution in [1.82, 2.24) is 4.90 Å². The number of carboxylic acid groups (broad SMARTS) is 1. The second-order valence-electron chi connectivity index (χ2n) is 3.19. The summed E-state index contributed by atoms with van der Waals surface area (Å²) in [5.41, 5.74) is 0. The normalized spacial score (nSPS) is 24.6. The molecular formula is C8H15NO2S. The highest BCUT2D eigenvalue weighted by Crippen LogP contribution is 2.21. The van der Waals surface area contributed by atoms with Crippen molar-refractivity contribution in [3.63, 3.8) is 0 Å². The molecule has 1 rings (SSSR count). The van der Waals surface area contributed by atoms with Crippen LogP contribution in [-0.2, 0) is 4.79 Å². The fourth-order valence-electron chi connectivity index (χ4n) is 1.34. The van der Waals surface area contributed by atoms with E-state index in [9.17, 15) is 4.79 Å². The molecule has 0 radical (unpaired) electrons. The number of thioether (sulfide) groups is 1. The van der Waals surface area contributed by atoms with E-state index in [0.717, 1.165) is 18.8 Å². The Morgan fingerprint density at radius 3 is 3.00 bits per heavy atom. The summed E-state index contributed by atoms with van der Waals surface area (Å²) in [6.45, 7) is 2.27. The highest BCUT2D eigenvalue weighted by Gasteiger charge is 2.19. The van der Waals surface area contributed by atoms with Crippen molar-refractivity contribution in [3.05, 3.63) is 0 Å². The highest BCUT2D eigenvalue weighted by molar-refractivity contribution is 7.99. The van der Waals surface area contributed by atoms with Gasteiger partial charge < -0.3 is 10.0 Å². The second-order valence-corrected chi connectivity index (χ2v) is 4.60. The highest BCUT2D eigenvalue weighted by atomic mass is 32.2. The molecule has 1 fully saturated rings. The SMILES string of the molecule is CN1CCC(SCCC(=O)O)C1. The van der Waals surface area contributed by atoms with Crippen LogP contribution in [0.4, 0.5) is 0 Å². The van der Waals surface area contributed by atoms with Crippen molar-refractivity contribution < 1.29 is 9.90 Å². The van der Waals surface area contributed by atoms with Crippen LogP contribution in [-0.4, -0.2) is 47.1 Å². The van der Waals surface area contributed by atoms with Crippen molar-refractivity contribution >= 4 is 17.7 Å². The zero-order valence-electron chi connectivity index (χ0n) is 7.32. The maximum atomic E-state index is 10.2. The quantitative estimate of drug-likeness (QED) is 0.713. The van der Waals surface area contributed by atoms with Crippen LogP contribution in [0.1, 0.15) is 12.8 Å². The van der Waals surface area contributed by atoms with E-state index >= 15 is 0 Å². The van der Waals surface area contributed by atoms with E-state index in [0.29, 0.717) is 11.7 Å². The number of hydrogen-bond donors (Lipinski definition) is 1. The largest absolute Gasteiger partial charge is 0.481 e. The number of hydrogen-bond acceptors (Lipinski definition) is 3. The van der Waals surface area contributed by atoms with Crippen LogP contribution < -0.4 is 0 Å². The average molecular weight is 189 g/mol. The molecule has 0 saturated carbocycles. The van der Waals surface area contributed by atoms with Gasteiger partial charge in [0.2, 0.25) is 0 Å². The molecule has 1 unspecified atom stereocenters. The summed E-state index contributed by atoms with van der Waals surface area (Å²) in [6, 6.07) is 0. The van der Waals surface area contributed by atoms with E-state index in [1.165, 1.54) is 6.42 Å². The smallest absolute Gasteiger partial charge is 0.304 e. The molecule has 0 aromatic carbocycles. The van der Waals surface area contributed by atoms with Crippen molar-refractivity contribution in [3.8, 4) is 0 Å². The molecule has 12 heavy (non-hydrogen) atoms. The van der Waals surface area contributed by atoms with Gasteiger partial charge in [-0.25, -0.2) is 0 Å². The topological polar surface area (TPSA) is 40.5 Å². The summed E-state index contributed by atoms with van der Waals surface area (Å²) in [4.78, 5) is 12.5. The molecule has 1 saturated heterocycles. The van der Waals surface area contributed by atoms with Crippen LogP contribution >= 0.6 is 11.8 Å². The van der Waals surface area contributed by atoms with Gasteiger partial charge >= 0.3 is 5.97 Å². The Bertz CT molecular complexity index is 163. The Kier molecular flexibility index (Phi) is 3.88. The van der Waals surface area contributed by atoms with E-state index < -0.39 is 5.97 Å². The lowest BCUT2D eigenvalue weighted by molar-refractivity contribution is -0.136. The number of nitrogens with zero attached hydrogens (tertiary/aromatic N) is 1. The Morgan fingerprint density at radius 1 is 1.75 bits per heavy atom. The molecule has 0 bridgehead atoms. The zero-order valence-corrected chi connectivity index (χ0v) is 8.14. The molecule has 3 nitrogen and oxygen atoms in total. The van der Waals surface area contributed by atoms with Crippen molar-refractivity contribution in [1.29, 1.82) is 0 Å². The lowest BCUT2D eigenvalue weighted by Crippen LogP contribution is -2.15. The number of likely N-dealkylation sites (tertiary alicyclic amines) is 1. The molecule has 1 aliphatic heterocycles. The summed E-state index contributed by atoms with van der Waals surface area (Å²) in [5, 5.41) is 9.08. The van der Waals surface area contributed by atoms with E-state index in [4.69, 9.17) is 5.11 Å². The van der Waals surface area contributed by atoms with Crippen molar-refractivity contribution in [2.24, 2.45) is 0 Å². The third kappa shape index (κ3) is 3.45. The monoisotopic (exact) mass is 189 g/mol. The molecule has 70 valence electrons. The van der Waals surface area contributed by atoms with Gasteiger partial charge in [-0.3, -0.25) is 4.79 Å². The number of rotatable bonds is 4. The maximum absolute atomic E-state index is 10.2. The summed E-state index contributed by atoms with van der Waals surface area (Å²) in [6.07, 6.45) is 1.51. The lowest BCUT2D eigenvalue weighted by Gasteiger charge is -2.08. The minimum atomic E-state index is -0.686. The van der Waals surface area contributed by atoms with Gasteiger partial charge in [-0.2, -0.15) is 11.8 Å². The first-order chi connectivity index (χ1) is 5.68. The first kappa shape index (κ1) is 9.86. The van der Waals surface area contributed by atoms with Gasteiger partial charge in [0, 0.05) is 17.5 Å². The first-order valence-electron chi connectivity index (χ1n) is 4.20. The lowest BCUT2D eigenvalue weighted by atomic mass is 10.4. The average Bonchev–Trinajstić information content (AvgIpc) is 2.35. The van der Waals surface area contributed by atoms with Gasteiger partial charge in [0.25, 0.3) is 0 Å². The fraction of sp³-hybridized carbons (Fsp3) is 0.875. The van der Waals surface area contributed by atoms with Gasteiger partial charge in [0.05, 0.1) is 6.42 Å². The molecule has 1 aliphatic rings. The Labute approximate surface area is 77.1 Å². The zero-order chi connectivity index (χ0) is 8.97. The van der Waals surface area contributed by atoms with Crippen LogP contribution in [0.5, 0.6) is 0 Å². The van der Waals surface area contributed by atoms with Crippen LogP contribution in [0, 0.1) is 0 Å². The molecule has 0 aromatic heterocycles. The summed E-state index contributed by atoms with van der Waals surface area (Å²) < 4.78 is 0. The molecule has 1 heterocycles. The van der Waals surface area contributed by atoms with Gasteiger partial charge in [0.15, 0.2) is 0 Å². The van der Waals surface area contributed by atoms with Crippen LogP contribution in [0.3, 0.4) is 0 Å². The fourth-order valence-corrected chi connectivity index (χ4v) is 2.60. The predicted octanol–water partition coefficient (Wildman–Crippen LogP) is 0.898. The Balaban J connectivity index is 2.04. The van der Waals surface area contributed by atoms with E-state index in [1.54, 1.807) is 11.8 Å². The Morgan fingerprint density at radius 2 is 2.50 bits per heavy atom. The van der Waals surface area contributed by atoms with Gasteiger partial charge in [-0.05, 0) is 20.0 Å². The molecule has 0 aliphatic carbocycles. The number of carbonyl (C=O) groups is 1. The number of carboxylic acids is 1. The van der Waals surface area contributed by atoms with E-state index in [2.05, 4.69) is 11.9 Å². The molecular weight excluding hydrogens is 174 g/mol. The van der Waals surface area contributed by atoms with E-state index in [-0.39, 0.29) is 0 Å². The Hall–Kier alpha value is -0.220. The summed E-state index contributed by atoms with van der Waals surface area (Å²) >= 11 is 1.79. The molecule has 0 aromatic rings. The first-order valence-corrected chi connectivity index (χ1v) is 5.25. The van der Waals surface area contributed by atoms with E-state index in [1.807, 2.05) is 0 Å². The maximum Gasteiger partial charge on any atom is 0.304 e. The molecule has 1 atom stereocenters. The van der Waals surface area contributed by atoms with Crippen molar-refractivity contribution in [2.45, 2.75) is 18.1 Å². The summed E-state index contributed by atoms with van der Waals surface area (Å²) in [7, 11) is 2.11. The van der Waals surface area contributed by atoms with Crippen LogP contribution in [0.15, 0.2) is 0 Å². The number of aliphatic carboxylic acids is 1. The van der Waals surface area contributed by atoms with Crippen LogP contribution in [0.2, 0.25) is 0 Å². The van der Waals surface area contributed by atoms with Gasteiger partial charge in [-0.1, -0.05) is 0 Å². The molecule has 0 amide bonds. The minimum absolute atomic E-state index is 0.297. The van der Waals surface area contributed by atoms with Gasteiger partial charge in [0.1, 0.15) is 0 Å².